The lowest BCUT2D eigenvalue weighted by molar-refractivity contribution is -0.124. The minimum Gasteiger partial charge on any atom is -0.487 e. The van der Waals surface area contributed by atoms with E-state index in [9.17, 15) is 18.0 Å². The Morgan fingerprint density at radius 3 is 2.67 bits per heavy atom. The zero-order chi connectivity index (χ0) is 36.3. The molecule has 3 atom stereocenters. The molecule has 2 saturated heterocycles. The number of Topliss-reactive ketones (excluding diaryl/α,β-unsaturated/α-hetero) is 1. The summed E-state index contributed by atoms with van der Waals surface area (Å²) in [5.74, 6) is 5.37. The summed E-state index contributed by atoms with van der Waals surface area (Å²) in [5, 5.41) is 10.9. The van der Waals surface area contributed by atoms with Crippen LogP contribution >= 0.6 is 23.2 Å². The SMILES string of the molecule is Cc1cc(C)c2cccc(OCc3c(Cl)ccc(S(=O)(=O)N4CCC[C@H]4C(=O)NCC4CCNC(C(=O)c5ccc(C=NN)cc5)C4)c3Cl)c2n1. The number of ether oxygens (including phenoxy) is 1. The maximum atomic E-state index is 14.1. The van der Waals surface area contributed by atoms with Crippen LogP contribution in [0, 0.1) is 19.8 Å². The zero-order valence-corrected chi connectivity index (χ0v) is 30.7. The Morgan fingerprint density at radius 1 is 1.12 bits per heavy atom. The first kappa shape index (κ1) is 36.7. The molecular formula is C37H40Cl2N6O5S. The predicted octanol–water partition coefficient (Wildman–Crippen LogP) is 5.55. The number of aryl methyl sites for hydroxylation is 2. The molecule has 0 saturated carbocycles. The van der Waals surface area contributed by atoms with Crippen LogP contribution in [0.2, 0.25) is 10.0 Å². The molecule has 0 radical (unpaired) electrons. The molecule has 6 rings (SSSR count). The van der Waals surface area contributed by atoms with E-state index in [1.165, 1.54) is 22.7 Å². The number of sulfonamides is 1. The molecule has 1 amide bonds. The number of nitrogens with zero attached hydrogens (tertiary/aromatic N) is 3. The van der Waals surface area contributed by atoms with Gasteiger partial charge in [-0.3, -0.25) is 9.59 Å². The van der Waals surface area contributed by atoms with Crippen LogP contribution in [0.4, 0.5) is 0 Å². The number of amides is 1. The first-order valence-corrected chi connectivity index (χ1v) is 19.0. The topological polar surface area (TPSA) is 156 Å². The van der Waals surface area contributed by atoms with E-state index in [1.807, 2.05) is 32.0 Å². The highest BCUT2D eigenvalue weighted by molar-refractivity contribution is 7.89. The van der Waals surface area contributed by atoms with Gasteiger partial charge in [-0.05, 0) is 87.4 Å². The highest BCUT2D eigenvalue weighted by Crippen LogP contribution is 2.37. The van der Waals surface area contributed by atoms with E-state index in [0.29, 0.717) is 54.7 Å². The lowest BCUT2D eigenvalue weighted by Gasteiger charge is -2.30. The summed E-state index contributed by atoms with van der Waals surface area (Å²) in [6.07, 6.45) is 3.70. The van der Waals surface area contributed by atoms with Crippen molar-refractivity contribution >= 4 is 62.0 Å². The molecule has 3 aromatic carbocycles. The molecule has 11 nitrogen and oxygen atoms in total. The second-order valence-electron chi connectivity index (χ2n) is 13.0. The van der Waals surface area contributed by atoms with Crippen LogP contribution in [0.25, 0.3) is 10.9 Å². The molecule has 3 heterocycles. The minimum absolute atomic E-state index is 0.0288. The van der Waals surface area contributed by atoms with Gasteiger partial charge in [-0.25, -0.2) is 13.4 Å². The fraction of sp³-hybridized carbons (Fsp3) is 0.351. The van der Waals surface area contributed by atoms with Crippen molar-refractivity contribution in [3.8, 4) is 5.75 Å². The average molecular weight is 752 g/mol. The standard InChI is InChI=1S/C37H40Cl2N6O5S/c1-22-17-23(2)44-35-27(22)5-3-7-32(35)50-21-28-29(38)12-13-33(34(28)39)51(48,49)45-16-4-6-31(45)37(47)42-19-25-14-15-41-30(18-25)36(46)26-10-8-24(9-11-26)20-43-40/h3,5,7-13,17,20,25,30-31,41H,4,6,14-16,18-19,21,40H2,1-2H3,(H,42,47)/t25?,30?,31-/m0/s1. The lowest BCUT2D eigenvalue weighted by atomic mass is 9.88. The molecule has 2 unspecified atom stereocenters. The Kier molecular flexibility index (Phi) is 11.3. The number of ketones is 1. The zero-order valence-electron chi connectivity index (χ0n) is 28.4. The Morgan fingerprint density at radius 2 is 1.90 bits per heavy atom. The number of nitrogens with two attached hydrogens (primary N) is 1. The molecular weight excluding hydrogens is 711 g/mol. The summed E-state index contributed by atoms with van der Waals surface area (Å²) in [4.78, 5) is 31.2. The Bertz CT molecular complexity index is 2090. The van der Waals surface area contributed by atoms with Crippen molar-refractivity contribution in [2.75, 3.05) is 19.6 Å². The van der Waals surface area contributed by atoms with Crippen LogP contribution in [0.3, 0.4) is 0 Å². The van der Waals surface area contributed by atoms with E-state index in [4.69, 9.17) is 33.8 Å². The highest BCUT2D eigenvalue weighted by atomic mass is 35.5. The molecule has 0 bridgehead atoms. The monoisotopic (exact) mass is 750 g/mol. The Balaban J connectivity index is 1.12. The van der Waals surface area contributed by atoms with E-state index in [-0.39, 0.29) is 45.7 Å². The molecule has 2 aliphatic heterocycles. The average Bonchev–Trinajstić information content (AvgIpc) is 3.62. The van der Waals surface area contributed by atoms with Gasteiger partial charge in [0.1, 0.15) is 28.8 Å². The maximum Gasteiger partial charge on any atom is 0.245 e. The number of nitrogens with one attached hydrogen (secondary N) is 2. The van der Waals surface area contributed by atoms with Gasteiger partial charge in [-0.1, -0.05) is 59.6 Å². The molecule has 2 aliphatic rings. The maximum absolute atomic E-state index is 14.1. The van der Waals surface area contributed by atoms with Crippen LogP contribution in [0.15, 0.2) is 70.7 Å². The molecule has 2 fully saturated rings. The number of para-hydroxylation sites is 1. The third kappa shape index (κ3) is 7.90. The van der Waals surface area contributed by atoms with Crippen molar-refractivity contribution in [2.24, 2.45) is 16.9 Å². The third-order valence-corrected chi connectivity index (χ3v) is 12.4. The van der Waals surface area contributed by atoms with Gasteiger partial charge in [-0.15, -0.1) is 0 Å². The van der Waals surface area contributed by atoms with E-state index in [1.54, 1.807) is 30.3 Å². The number of carbonyl (C=O) groups is 2. The van der Waals surface area contributed by atoms with Crippen molar-refractivity contribution < 1.29 is 22.7 Å². The number of rotatable bonds is 11. The molecule has 51 heavy (non-hydrogen) atoms. The smallest absolute Gasteiger partial charge is 0.245 e. The lowest BCUT2D eigenvalue weighted by Crippen LogP contribution is -2.49. The van der Waals surface area contributed by atoms with Gasteiger partial charge in [0.25, 0.3) is 0 Å². The number of hydrogen-bond donors (Lipinski definition) is 3. The van der Waals surface area contributed by atoms with Crippen molar-refractivity contribution in [3.05, 3.63) is 98.7 Å². The summed E-state index contributed by atoms with van der Waals surface area (Å²) < 4.78 is 35.5. The summed E-state index contributed by atoms with van der Waals surface area (Å²) >= 11 is 13.3. The van der Waals surface area contributed by atoms with E-state index >= 15 is 0 Å². The van der Waals surface area contributed by atoms with Gasteiger partial charge < -0.3 is 21.2 Å². The van der Waals surface area contributed by atoms with Crippen molar-refractivity contribution in [1.29, 1.82) is 0 Å². The van der Waals surface area contributed by atoms with Crippen LogP contribution in [-0.4, -0.2) is 67.3 Å². The number of aromatic nitrogens is 1. The van der Waals surface area contributed by atoms with E-state index in [0.717, 1.165) is 28.6 Å². The van der Waals surface area contributed by atoms with Crippen molar-refractivity contribution in [1.82, 2.24) is 19.9 Å². The van der Waals surface area contributed by atoms with Crippen LogP contribution in [0.5, 0.6) is 5.75 Å². The Labute approximate surface area is 307 Å². The highest BCUT2D eigenvalue weighted by Gasteiger charge is 2.41. The van der Waals surface area contributed by atoms with Crippen molar-refractivity contribution in [2.45, 2.75) is 63.1 Å². The fourth-order valence-electron chi connectivity index (χ4n) is 6.91. The van der Waals surface area contributed by atoms with Gasteiger partial charge in [-0.2, -0.15) is 9.41 Å². The number of pyridine rings is 1. The number of piperidine rings is 1. The molecule has 4 N–H and O–H groups in total. The van der Waals surface area contributed by atoms with Gasteiger partial charge in [0.05, 0.1) is 17.3 Å². The molecule has 4 aromatic rings. The van der Waals surface area contributed by atoms with Crippen LogP contribution < -0.4 is 21.2 Å². The van der Waals surface area contributed by atoms with Gasteiger partial charge in [0, 0.05) is 40.3 Å². The number of fused-ring (bicyclic) bond motifs is 1. The fourth-order valence-corrected chi connectivity index (χ4v) is 9.43. The number of hydrogen-bond acceptors (Lipinski definition) is 9. The molecule has 0 spiro atoms. The quantitative estimate of drug-likeness (QED) is 0.0780. The second kappa shape index (κ2) is 15.7. The molecule has 0 aliphatic carbocycles. The first-order valence-electron chi connectivity index (χ1n) is 16.8. The first-order chi connectivity index (χ1) is 24.5. The van der Waals surface area contributed by atoms with E-state index < -0.39 is 22.1 Å². The largest absolute Gasteiger partial charge is 0.487 e. The summed E-state index contributed by atoms with van der Waals surface area (Å²) in [7, 11) is -4.19. The second-order valence-corrected chi connectivity index (χ2v) is 15.7. The van der Waals surface area contributed by atoms with Gasteiger partial charge >= 0.3 is 0 Å². The summed E-state index contributed by atoms with van der Waals surface area (Å²) in [6.45, 7) is 4.94. The number of carbonyl (C=O) groups excluding carboxylic acids is 2. The Hall–Kier alpha value is -4.07. The van der Waals surface area contributed by atoms with Crippen molar-refractivity contribution in [3.63, 3.8) is 0 Å². The molecule has 1 aromatic heterocycles. The summed E-state index contributed by atoms with van der Waals surface area (Å²) in [6, 6.07) is 16.2. The predicted molar refractivity (Wildman–Crippen MR) is 199 cm³/mol. The number of halogens is 2. The summed E-state index contributed by atoms with van der Waals surface area (Å²) in [5.41, 5.74) is 4.27. The molecule has 268 valence electrons. The van der Waals surface area contributed by atoms with E-state index in [2.05, 4.69) is 20.7 Å². The van der Waals surface area contributed by atoms with Gasteiger partial charge in [0.2, 0.25) is 15.9 Å². The third-order valence-electron chi connectivity index (χ3n) is 9.57. The van der Waals surface area contributed by atoms with Crippen LogP contribution in [0.1, 0.15) is 58.4 Å². The van der Waals surface area contributed by atoms with Crippen LogP contribution in [-0.2, 0) is 21.4 Å². The minimum atomic E-state index is -4.19. The van der Waals surface area contributed by atoms with Gasteiger partial charge in [0.15, 0.2) is 5.78 Å². The normalized spacial score (nSPS) is 19.8. The molecule has 14 heteroatoms. The number of benzene rings is 3. The number of hydrazone groups is 1.